The van der Waals surface area contributed by atoms with E-state index < -0.39 is 12.5 Å². The molecule has 1 aliphatic rings. The van der Waals surface area contributed by atoms with Crippen LogP contribution in [0.3, 0.4) is 0 Å². The summed E-state index contributed by atoms with van der Waals surface area (Å²) in [6, 6.07) is 11.6. The van der Waals surface area contributed by atoms with Crippen molar-refractivity contribution in [2.24, 2.45) is 5.92 Å². The van der Waals surface area contributed by atoms with E-state index in [9.17, 15) is 22.0 Å². The number of halogens is 5. The Morgan fingerprint density at radius 1 is 0.718 bits per heavy atom. The zero-order chi connectivity index (χ0) is 28.1. The molecule has 3 rings (SSSR count). The third-order valence-electron chi connectivity index (χ3n) is 7.86. The number of rotatable bonds is 16. The Labute approximate surface area is 230 Å². The van der Waals surface area contributed by atoms with Crippen LogP contribution in [0, 0.1) is 5.92 Å². The van der Waals surface area contributed by atoms with E-state index in [1.54, 1.807) is 12.1 Å². The summed E-state index contributed by atoms with van der Waals surface area (Å²) in [5, 5.41) is 0. The van der Waals surface area contributed by atoms with Crippen LogP contribution >= 0.6 is 0 Å². The third-order valence-corrected chi connectivity index (χ3v) is 7.86. The van der Waals surface area contributed by atoms with Gasteiger partial charge in [-0.05, 0) is 67.2 Å². The Morgan fingerprint density at radius 2 is 1.31 bits per heavy atom. The van der Waals surface area contributed by atoms with Crippen LogP contribution in [0.15, 0.2) is 48.5 Å². The van der Waals surface area contributed by atoms with Crippen LogP contribution in [0.25, 0.3) is 0 Å². The van der Waals surface area contributed by atoms with E-state index in [0.29, 0.717) is 11.5 Å². The molecular formula is C32H43F5O2. The average Bonchev–Trinajstić information content (AvgIpc) is 2.91. The van der Waals surface area contributed by atoms with Crippen molar-refractivity contribution in [3.63, 3.8) is 0 Å². The first-order chi connectivity index (χ1) is 18.7. The van der Waals surface area contributed by atoms with E-state index in [1.807, 2.05) is 0 Å². The molecule has 1 fully saturated rings. The summed E-state index contributed by atoms with van der Waals surface area (Å²) in [6.07, 6.45) is 8.68. The fourth-order valence-corrected chi connectivity index (χ4v) is 5.54. The van der Waals surface area contributed by atoms with Gasteiger partial charge in [-0.1, -0.05) is 101 Å². The average molecular weight is 555 g/mol. The zero-order valence-electron chi connectivity index (χ0n) is 23.1. The lowest BCUT2D eigenvalue weighted by Gasteiger charge is -2.29. The van der Waals surface area contributed by atoms with Gasteiger partial charge in [0.1, 0.15) is 5.75 Å². The number of ether oxygens (including phenoxy) is 2. The maximum atomic E-state index is 14.6. The van der Waals surface area contributed by atoms with Gasteiger partial charge in [-0.25, -0.2) is 0 Å². The van der Waals surface area contributed by atoms with Crippen molar-refractivity contribution in [3.8, 4) is 5.75 Å². The van der Waals surface area contributed by atoms with Crippen LogP contribution in [0.4, 0.5) is 22.0 Å². The van der Waals surface area contributed by atoms with E-state index in [0.717, 1.165) is 36.5 Å². The quantitative estimate of drug-likeness (QED) is 0.152. The third kappa shape index (κ3) is 11.5. The molecule has 0 unspecified atom stereocenters. The summed E-state index contributed by atoms with van der Waals surface area (Å²) in [5.74, 6) is 0.869. The minimum Gasteiger partial charge on any atom is -0.406 e. The van der Waals surface area contributed by atoms with Gasteiger partial charge in [-0.3, -0.25) is 0 Å². The van der Waals surface area contributed by atoms with Crippen LogP contribution < -0.4 is 4.74 Å². The van der Waals surface area contributed by atoms with E-state index in [4.69, 9.17) is 4.74 Å². The lowest BCUT2D eigenvalue weighted by molar-refractivity contribution is -0.274. The molecule has 0 radical (unpaired) electrons. The molecule has 2 aromatic rings. The topological polar surface area (TPSA) is 18.5 Å². The van der Waals surface area contributed by atoms with Gasteiger partial charge in [0.2, 0.25) is 0 Å². The van der Waals surface area contributed by atoms with Gasteiger partial charge in [-0.2, -0.15) is 8.78 Å². The second-order valence-corrected chi connectivity index (χ2v) is 10.9. The van der Waals surface area contributed by atoms with Crippen LogP contribution in [0.2, 0.25) is 0 Å². The molecule has 0 amide bonds. The van der Waals surface area contributed by atoms with E-state index >= 15 is 0 Å². The molecular weight excluding hydrogens is 511 g/mol. The Balaban J connectivity index is 1.35. The molecule has 0 bridgehead atoms. The minimum atomic E-state index is -4.77. The highest BCUT2D eigenvalue weighted by Gasteiger charge is 2.33. The fourth-order valence-electron chi connectivity index (χ4n) is 5.54. The number of benzene rings is 2. The van der Waals surface area contributed by atoms with Gasteiger partial charge < -0.3 is 9.47 Å². The van der Waals surface area contributed by atoms with Crippen molar-refractivity contribution < 1.29 is 31.4 Å². The maximum Gasteiger partial charge on any atom is 0.573 e. The molecule has 1 aliphatic carbocycles. The summed E-state index contributed by atoms with van der Waals surface area (Å²) >= 11 is 0. The summed E-state index contributed by atoms with van der Waals surface area (Å²) in [6.45, 7) is 1.98. The highest BCUT2D eigenvalue weighted by molar-refractivity contribution is 5.28. The molecule has 0 spiro atoms. The van der Waals surface area contributed by atoms with Crippen molar-refractivity contribution in [2.45, 2.75) is 115 Å². The smallest absolute Gasteiger partial charge is 0.406 e. The zero-order valence-corrected chi connectivity index (χ0v) is 23.1. The van der Waals surface area contributed by atoms with Crippen LogP contribution in [0.5, 0.6) is 5.75 Å². The lowest BCUT2D eigenvalue weighted by Crippen LogP contribution is -2.20. The van der Waals surface area contributed by atoms with Crippen molar-refractivity contribution in [1.29, 1.82) is 0 Å². The first-order valence-corrected chi connectivity index (χ1v) is 14.6. The number of hydrogen-bond donors (Lipinski definition) is 0. The van der Waals surface area contributed by atoms with Crippen molar-refractivity contribution in [1.82, 2.24) is 0 Å². The van der Waals surface area contributed by atoms with Crippen LogP contribution in [0.1, 0.15) is 113 Å². The van der Waals surface area contributed by atoms with Gasteiger partial charge in [0.15, 0.2) is 0 Å². The predicted molar refractivity (Wildman–Crippen MR) is 145 cm³/mol. The monoisotopic (exact) mass is 554 g/mol. The molecule has 0 heterocycles. The molecule has 2 aromatic carbocycles. The fraction of sp³-hybridized carbons (Fsp3) is 0.625. The highest BCUT2D eigenvalue weighted by Crippen LogP contribution is 2.39. The largest absolute Gasteiger partial charge is 0.573 e. The standard InChI is InChI=1S/C32H43F5O2/c1-2-3-4-5-6-7-8-9-10-25-11-15-27(16-12-25)28-17-19-29(20-18-28)31(33,34)38-24-23-26-13-21-30(22-14-26)39-32(35,36)37/h13-14,17-22,25,27H,2-12,15-16,23-24H2,1H3/t25-,27-. The van der Waals surface area contributed by atoms with Crippen molar-refractivity contribution in [3.05, 3.63) is 65.2 Å². The van der Waals surface area contributed by atoms with Crippen molar-refractivity contribution >= 4 is 0 Å². The number of alkyl halides is 5. The molecule has 0 saturated heterocycles. The SMILES string of the molecule is CCCCCCCCCC[C@H]1CC[C@H](c2ccc(C(F)(F)OCCc3ccc(OC(F)(F)F)cc3)cc2)CC1. The molecule has 0 aliphatic heterocycles. The Kier molecular flexibility index (Phi) is 12.5. The second kappa shape index (κ2) is 15.6. The van der Waals surface area contributed by atoms with Gasteiger partial charge in [0.25, 0.3) is 0 Å². The molecule has 218 valence electrons. The van der Waals surface area contributed by atoms with E-state index in [-0.39, 0.29) is 24.3 Å². The summed E-state index contributed by atoms with van der Waals surface area (Å²) < 4.78 is 74.7. The molecule has 39 heavy (non-hydrogen) atoms. The van der Waals surface area contributed by atoms with Crippen molar-refractivity contribution in [2.75, 3.05) is 6.61 Å². The summed E-state index contributed by atoms with van der Waals surface area (Å²) in [5.41, 5.74) is 1.50. The maximum absolute atomic E-state index is 14.6. The lowest BCUT2D eigenvalue weighted by atomic mass is 9.77. The number of unbranched alkanes of at least 4 members (excludes halogenated alkanes) is 7. The molecule has 0 N–H and O–H groups in total. The molecule has 0 atom stereocenters. The van der Waals surface area contributed by atoms with Crippen LogP contribution in [-0.2, 0) is 17.3 Å². The summed E-state index contributed by atoms with van der Waals surface area (Å²) in [7, 11) is 0. The first kappa shape index (κ1) is 31.4. The van der Waals surface area contributed by atoms with E-state index in [2.05, 4.69) is 11.7 Å². The molecule has 2 nitrogen and oxygen atoms in total. The minimum absolute atomic E-state index is 0.141. The first-order valence-electron chi connectivity index (χ1n) is 14.6. The normalized spacial score (nSPS) is 18.3. The highest BCUT2D eigenvalue weighted by atomic mass is 19.4. The van der Waals surface area contributed by atoms with Gasteiger partial charge >= 0.3 is 12.5 Å². The van der Waals surface area contributed by atoms with E-state index in [1.165, 1.54) is 94.9 Å². The predicted octanol–water partition coefficient (Wildman–Crippen LogP) is 10.7. The van der Waals surface area contributed by atoms with Gasteiger partial charge in [0, 0.05) is 0 Å². The molecule has 1 saturated carbocycles. The summed E-state index contributed by atoms with van der Waals surface area (Å²) in [4.78, 5) is 0. The Hall–Kier alpha value is -2.15. The van der Waals surface area contributed by atoms with Gasteiger partial charge in [-0.15, -0.1) is 13.2 Å². The second-order valence-electron chi connectivity index (χ2n) is 10.9. The van der Waals surface area contributed by atoms with Gasteiger partial charge in [0.05, 0.1) is 12.2 Å². The number of hydrogen-bond acceptors (Lipinski definition) is 2. The molecule has 7 heteroatoms. The Morgan fingerprint density at radius 3 is 1.90 bits per heavy atom. The molecule has 0 aromatic heterocycles. The Bertz CT molecular complexity index is 933. The van der Waals surface area contributed by atoms with Crippen LogP contribution in [-0.4, -0.2) is 13.0 Å².